The van der Waals surface area contributed by atoms with Crippen molar-refractivity contribution in [2.24, 2.45) is 0 Å². The van der Waals surface area contributed by atoms with E-state index in [0.717, 1.165) is 5.06 Å². The van der Waals surface area contributed by atoms with Crippen molar-refractivity contribution in [3.05, 3.63) is 42.6 Å². The molecule has 0 aliphatic rings. The van der Waals surface area contributed by atoms with Gasteiger partial charge in [-0.25, -0.2) is 4.79 Å². The third-order valence-electron chi connectivity index (χ3n) is 4.87. The molecule has 1 heterocycles. The van der Waals surface area contributed by atoms with Crippen LogP contribution in [0.4, 0.5) is 10.5 Å². The Hall–Kier alpha value is -4.25. The molecule has 0 aliphatic heterocycles. The number of hydrogen-bond acceptors (Lipinski definition) is 8. The number of carboxylic acids is 1. The Balaban J connectivity index is 1.96. The van der Waals surface area contributed by atoms with Gasteiger partial charge >= 0.3 is 12.0 Å². The monoisotopic (exact) mass is 471 g/mol. The molecule has 180 valence electrons. The Bertz CT molecular complexity index is 1140. The maximum atomic E-state index is 12.5. The predicted molar refractivity (Wildman–Crippen MR) is 122 cm³/mol. The van der Waals surface area contributed by atoms with Crippen LogP contribution in [0.15, 0.2) is 47.1 Å². The third-order valence-corrected chi connectivity index (χ3v) is 4.87. The van der Waals surface area contributed by atoms with Crippen molar-refractivity contribution in [3.8, 4) is 39.7 Å². The largest absolute Gasteiger partial charge is 0.493 e. The summed E-state index contributed by atoms with van der Waals surface area (Å²) in [5.41, 5.74) is 2.41. The summed E-state index contributed by atoms with van der Waals surface area (Å²) in [6.45, 7) is -0.0371. The van der Waals surface area contributed by atoms with Crippen molar-refractivity contribution in [1.29, 1.82) is 0 Å². The fourth-order valence-electron chi connectivity index (χ4n) is 3.32. The zero-order valence-corrected chi connectivity index (χ0v) is 19.2. The summed E-state index contributed by atoms with van der Waals surface area (Å²) < 4.78 is 21.8. The molecule has 2 aromatic carbocycles. The molecule has 0 unspecified atom stereocenters. The molecule has 3 aromatic rings. The molecule has 11 nitrogen and oxygen atoms in total. The molecular weight excluding hydrogens is 446 g/mol. The minimum Gasteiger partial charge on any atom is -0.493 e. The highest BCUT2D eigenvalue weighted by Gasteiger charge is 2.21. The Morgan fingerprint density at radius 1 is 1.03 bits per heavy atom. The van der Waals surface area contributed by atoms with Crippen molar-refractivity contribution in [2.45, 2.75) is 6.42 Å². The lowest BCUT2D eigenvalue weighted by atomic mass is 10.0. The van der Waals surface area contributed by atoms with Crippen LogP contribution >= 0.6 is 0 Å². The number of rotatable bonds is 10. The number of nitrogens with one attached hydrogen (secondary N) is 1. The van der Waals surface area contributed by atoms with Crippen molar-refractivity contribution >= 4 is 17.7 Å². The molecule has 0 bridgehead atoms. The number of amides is 2. The van der Waals surface area contributed by atoms with E-state index in [1.807, 2.05) is 6.07 Å². The van der Waals surface area contributed by atoms with E-state index in [-0.39, 0.29) is 13.0 Å². The van der Waals surface area contributed by atoms with Gasteiger partial charge in [-0.1, -0.05) is 17.3 Å². The number of urea groups is 1. The highest BCUT2D eigenvalue weighted by Crippen LogP contribution is 2.43. The van der Waals surface area contributed by atoms with Crippen LogP contribution in [-0.2, 0) is 9.63 Å². The lowest BCUT2D eigenvalue weighted by Crippen LogP contribution is -2.40. The number of carboxylic acid groups (broad SMARTS) is 1. The molecule has 1 aromatic heterocycles. The molecule has 0 fully saturated rings. The van der Waals surface area contributed by atoms with Gasteiger partial charge in [-0.3, -0.25) is 9.63 Å². The van der Waals surface area contributed by atoms with Crippen LogP contribution in [-0.4, -0.2) is 57.2 Å². The summed E-state index contributed by atoms with van der Waals surface area (Å²) in [6, 6.07) is 9.85. The first-order valence-electron chi connectivity index (χ1n) is 10.1. The van der Waals surface area contributed by atoms with Gasteiger partial charge < -0.3 is 29.2 Å². The van der Waals surface area contributed by atoms with Gasteiger partial charge in [0.15, 0.2) is 17.3 Å². The van der Waals surface area contributed by atoms with Crippen LogP contribution in [0, 0.1) is 0 Å². The van der Waals surface area contributed by atoms with Gasteiger partial charge in [0, 0.05) is 17.7 Å². The first-order chi connectivity index (χ1) is 16.4. The van der Waals surface area contributed by atoms with Crippen LogP contribution < -0.4 is 24.6 Å². The zero-order valence-electron chi connectivity index (χ0n) is 19.2. The smallest absolute Gasteiger partial charge is 0.346 e. The molecular formula is C23H25N3O8. The predicted octanol–water partition coefficient (Wildman–Crippen LogP) is 3.59. The Kier molecular flexibility index (Phi) is 7.93. The van der Waals surface area contributed by atoms with Crippen LogP contribution in [0.5, 0.6) is 17.2 Å². The summed E-state index contributed by atoms with van der Waals surface area (Å²) in [5, 5.41) is 16.2. The number of ether oxygens (including phenoxy) is 3. The maximum absolute atomic E-state index is 12.5. The molecule has 2 N–H and O–H groups in total. The summed E-state index contributed by atoms with van der Waals surface area (Å²) >= 11 is 0. The Labute approximate surface area is 195 Å². The van der Waals surface area contributed by atoms with E-state index in [0.29, 0.717) is 45.4 Å². The maximum Gasteiger partial charge on any atom is 0.346 e. The van der Waals surface area contributed by atoms with E-state index < -0.39 is 12.0 Å². The van der Waals surface area contributed by atoms with E-state index in [4.69, 9.17) is 28.7 Å². The molecule has 0 saturated carbocycles. The minimum absolute atomic E-state index is 0.0371. The number of carbonyl (C=O) groups is 2. The molecule has 34 heavy (non-hydrogen) atoms. The molecule has 0 aliphatic carbocycles. The lowest BCUT2D eigenvalue weighted by molar-refractivity contribution is -0.136. The van der Waals surface area contributed by atoms with Crippen LogP contribution in [0.2, 0.25) is 0 Å². The zero-order chi connectivity index (χ0) is 24.7. The molecule has 2 amide bonds. The normalized spacial score (nSPS) is 10.5. The fraction of sp³-hybridized carbons (Fsp3) is 0.261. The van der Waals surface area contributed by atoms with Crippen molar-refractivity contribution in [1.82, 2.24) is 10.5 Å². The molecule has 11 heteroatoms. The highest BCUT2D eigenvalue weighted by atomic mass is 16.7. The van der Waals surface area contributed by atoms with Gasteiger partial charge in [-0.15, -0.1) is 0 Å². The van der Waals surface area contributed by atoms with Crippen LogP contribution in [0.25, 0.3) is 22.5 Å². The van der Waals surface area contributed by atoms with Gasteiger partial charge in [0.25, 0.3) is 0 Å². The van der Waals surface area contributed by atoms with Gasteiger partial charge in [-0.2, -0.15) is 5.06 Å². The first-order valence-corrected chi connectivity index (χ1v) is 10.1. The minimum atomic E-state index is -1.02. The second kappa shape index (κ2) is 11.1. The number of methoxy groups -OCH3 is 3. The number of aromatic nitrogens is 1. The molecule has 3 rings (SSSR count). The summed E-state index contributed by atoms with van der Waals surface area (Å²) in [5.74, 6) is 0.791. The number of nitrogens with zero attached hydrogens (tertiary/aromatic N) is 2. The van der Waals surface area contributed by atoms with Crippen molar-refractivity contribution < 1.29 is 38.3 Å². The standard InChI is InChI=1S/C23H25N3O8/c1-30-18-11-15(12-19(31-2)22(18)32-3)21-17(13-25-34-21)14-6-5-7-16(10-14)26(33-4)23(29)24-9-8-20(27)28/h5-7,10-13H,8-9H2,1-4H3,(H,24,29)(H,27,28). The third kappa shape index (κ3) is 5.21. The van der Waals surface area contributed by atoms with Gasteiger partial charge in [-0.05, 0) is 29.8 Å². The number of hydrogen-bond donors (Lipinski definition) is 2. The second-order valence-corrected chi connectivity index (χ2v) is 6.89. The van der Waals surface area contributed by atoms with E-state index in [1.165, 1.54) is 28.4 Å². The number of benzene rings is 2. The summed E-state index contributed by atoms with van der Waals surface area (Å²) in [7, 11) is 5.90. The van der Waals surface area contributed by atoms with E-state index >= 15 is 0 Å². The van der Waals surface area contributed by atoms with Crippen LogP contribution in [0.1, 0.15) is 6.42 Å². The lowest BCUT2D eigenvalue weighted by Gasteiger charge is -2.20. The molecule has 0 spiro atoms. The Morgan fingerprint density at radius 2 is 1.74 bits per heavy atom. The van der Waals surface area contributed by atoms with Crippen molar-refractivity contribution in [3.63, 3.8) is 0 Å². The quantitative estimate of drug-likeness (QED) is 0.426. The average molecular weight is 471 g/mol. The van der Waals surface area contributed by atoms with Crippen LogP contribution in [0.3, 0.4) is 0 Å². The highest BCUT2D eigenvalue weighted by molar-refractivity contribution is 5.91. The number of anilines is 1. The Morgan fingerprint density at radius 3 is 2.32 bits per heavy atom. The SMILES string of the molecule is COc1cc(-c2oncc2-c2cccc(N(OC)C(=O)NCCC(=O)O)c2)cc(OC)c1OC. The van der Waals surface area contributed by atoms with Gasteiger partial charge in [0.2, 0.25) is 5.75 Å². The number of hydroxylamine groups is 1. The van der Waals surface area contributed by atoms with Gasteiger partial charge in [0.05, 0.1) is 46.7 Å². The summed E-state index contributed by atoms with van der Waals surface area (Å²) in [4.78, 5) is 28.4. The van der Waals surface area contributed by atoms with Crippen molar-refractivity contribution in [2.75, 3.05) is 40.0 Å². The first kappa shape index (κ1) is 24.4. The van der Waals surface area contributed by atoms with E-state index in [2.05, 4.69) is 10.5 Å². The average Bonchev–Trinajstić information content (AvgIpc) is 3.33. The summed E-state index contributed by atoms with van der Waals surface area (Å²) in [6.07, 6.45) is 1.35. The van der Waals surface area contributed by atoms with E-state index in [9.17, 15) is 9.59 Å². The molecule has 0 radical (unpaired) electrons. The molecule has 0 atom stereocenters. The fourth-order valence-corrected chi connectivity index (χ4v) is 3.32. The van der Waals surface area contributed by atoms with E-state index in [1.54, 1.807) is 36.5 Å². The van der Waals surface area contributed by atoms with Gasteiger partial charge in [0.1, 0.15) is 0 Å². The topological polar surface area (TPSA) is 133 Å². The number of carbonyl (C=O) groups excluding carboxylic acids is 1. The number of aliphatic carboxylic acids is 1. The second-order valence-electron chi connectivity index (χ2n) is 6.89. The molecule has 0 saturated heterocycles.